The number of alkyl carbamates (subject to hydrolysis) is 1. The zero-order valence-electron chi connectivity index (χ0n) is 11.4. The van der Waals surface area contributed by atoms with Crippen molar-refractivity contribution in [3.05, 3.63) is 34.3 Å². The number of nitrogens with one attached hydrogen (secondary N) is 1. The molecule has 1 rings (SSSR count). The Bertz CT molecular complexity index is 519. The van der Waals surface area contributed by atoms with Gasteiger partial charge < -0.3 is 14.8 Å². The molecule has 0 spiro atoms. The second-order valence-corrected chi connectivity index (χ2v) is 7.50. The molecular weight excluding hydrogens is 420 g/mol. The first-order valence-electron chi connectivity index (χ1n) is 6.15. The quantitative estimate of drug-likeness (QED) is 0.560. The predicted octanol–water partition coefficient (Wildman–Crippen LogP) is 4.15. The normalized spacial score (nSPS) is 12.4. The van der Waals surface area contributed by atoms with E-state index in [0.717, 1.165) is 4.47 Å². The van der Waals surface area contributed by atoms with Crippen molar-refractivity contribution in [1.29, 1.82) is 0 Å². The van der Waals surface area contributed by atoms with Crippen molar-refractivity contribution in [3.63, 3.8) is 0 Å². The Kier molecular flexibility index (Phi) is 7.76. The number of benzene rings is 1. The number of carbonyl (C=O) groups excluding carboxylic acids is 2. The van der Waals surface area contributed by atoms with E-state index in [2.05, 4.69) is 21.2 Å². The van der Waals surface area contributed by atoms with Crippen LogP contribution in [0.5, 0.6) is 0 Å². The minimum absolute atomic E-state index is 0.177. The number of alkyl halides is 3. The highest BCUT2D eigenvalue weighted by molar-refractivity contribution is 9.10. The van der Waals surface area contributed by atoms with Crippen LogP contribution in [0, 0.1) is 0 Å². The summed E-state index contributed by atoms with van der Waals surface area (Å²) < 4.78 is 8.79. The van der Waals surface area contributed by atoms with Crippen LogP contribution < -0.4 is 5.32 Å². The van der Waals surface area contributed by atoms with Crippen LogP contribution in [0.3, 0.4) is 0 Å². The van der Waals surface area contributed by atoms with E-state index in [-0.39, 0.29) is 6.61 Å². The van der Waals surface area contributed by atoms with Crippen LogP contribution in [0.1, 0.15) is 18.5 Å². The summed E-state index contributed by atoms with van der Waals surface area (Å²) in [6.07, 6.45) is -0.896. The van der Waals surface area contributed by atoms with Crippen molar-refractivity contribution in [2.75, 3.05) is 13.2 Å². The molecule has 9 heteroatoms. The molecule has 0 aliphatic carbocycles. The van der Waals surface area contributed by atoms with Crippen LogP contribution in [-0.2, 0) is 14.3 Å². The van der Waals surface area contributed by atoms with Gasteiger partial charge in [-0.1, -0.05) is 62.9 Å². The third kappa shape index (κ3) is 7.05. The van der Waals surface area contributed by atoms with Gasteiger partial charge in [-0.15, -0.1) is 0 Å². The van der Waals surface area contributed by atoms with Gasteiger partial charge in [0.15, 0.2) is 6.04 Å². The first kappa shape index (κ1) is 19.4. The molecule has 0 fully saturated rings. The Morgan fingerprint density at radius 1 is 1.23 bits per heavy atom. The highest BCUT2D eigenvalue weighted by Crippen LogP contribution is 2.26. The number of amides is 1. The summed E-state index contributed by atoms with van der Waals surface area (Å²) >= 11 is 19.8. The van der Waals surface area contributed by atoms with Crippen molar-refractivity contribution in [2.45, 2.75) is 16.8 Å². The van der Waals surface area contributed by atoms with Crippen molar-refractivity contribution in [1.82, 2.24) is 5.32 Å². The summed E-state index contributed by atoms with van der Waals surface area (Å²) in [7, 11) is 0. The third-order valence-electron chi connectivity index (χ3n) is 2.35. The minimum Gasteiger partial charge on any atom is -0.464 e. The molecule has 1 amide bonds. The van der Waals surface area contributed by atoms with Crippen molar-refractivity contribution < 1.29 is 19.1 Å². The van der Waals surface area contributed by atoms with E-state index in [0.29, 0.717) is 5.56 Å². The van der Waals surface area contributed by atoms with Crippen LogP contribution in [-0.4, -0.2) is 29.1 Å². The van der Waals surface area contributed by atoms with Crippen LogP contribution in [0.15, 0.2) is 28.7 Å². The number of esters is 1. The fraction of sp³-hybridized carbons (Fsp3) is 0.385. The molecule has 0 aliphatic rings. The molecule has 0 aromatic heterocycles. The van der Waals surface area contributed by atoms with E-state index in [1.807, 2.05) is 0 Å². The van der Waals surface area contributed by atoms with Gasteiger partial charge in [0.1, 0.15) is 6.61 Å². The molecule has 1 atom stereocenters. The van der Waals surface area contributed by atoms with E-state index in [4.69, 9.17) is 44.3 Å². The summed E-state index contributed by atoms with van der Waals surface area (Å²) in [5, 5.41) is 2.38. The zero-order chi connectivity index (χ0) is 16.8. The smallest absolute Gasteiger partial charge is 0.408 e. The summed E-state index contributed by atoms with van der Waals surface area (Å²) in [6.45, 7) is 1.40. The number of hydrogen-bond donors (Lipinski definition) is 1. The number of halogens is 4. The maximum atomic E-state index is 12.0. The Hall–Kier alpha value is -0.690. The van der Waals surface area contributed by atoms with Gasteiger partial charge in [-0.25, -0.2) is 9.59 Å². The lowest BCUT2D eigenvalue weighted by Gasteiger charge is -2.18. The van der Waals surface area contributed by atoms with Gasteiger partial charge in [0, 0.05) is 4.47 Å². The van der Waals surface area contributed by atoms with Gasteiger partial charge in [-0.2, -0.15) is 0 Å². The van der Waals surface area contributed by atoms with E-state index in [1.165, 1.54) is 0 Å². The molecule has 122 valence electrons. The highest BCUT2D eigenvalue weighted by atomic mass is 79.9. The van der Waals surface area contributed by atoms with Gasteiger partial charge in [0.05, 0.1) is 6.61 Å². The lowest BCUT2D eigenvalue weighted by Crippen LogP contribution is -2.36. The number of ether oxygens (including phenoxy) is 2. The largest absolute Gasteiger partial charge is 0.464 e. The van der Waals surface area contributed by atoms with Crippen LogP contribution in [0.2, 0.25) is 0 Å². The van der Waals surface area contributed by atoms with E-state index in [1.54, 1.807) is 31.2 Å². The van der Waals surface area contributed by atoms with Gasteiger partial charge in [0.25, 0.3) is 0 Å². The van der Waals surface area contributed by atoms with Crippen molar-refractivity contribution in [2.24, 2.45) is 0 Å². The fourth-order valence-electron chi connectivity index (χ4n) is 1.47. The Morgan fingerprint density at radius 2 is 1.82 bits per heavy atom. The van der Waals surface area contributed by atoms with E-state index < -0.39 is 28.5 Å². The Balaban J connectivity index is 2.80. The van der Waals surface area contributed by atoms with Crippen molar-refractivity contribution in [3.8, 4) is 0 Å². The van der Waals surface area contributed by atoms with Crippen LogP contribution >= 0.6 is 50.7 Å². The molecule has 5 nitrogen and oxygen atoms in total. The first-order valence-corrected chi connectivity index (χ1v) is 8.07. The second-order valence-electron chi connectivity index (χ2n) is 4.07. The lowest BCUT2D eigenvalue weighted by atomic mass is 10.1. The summed E-state index contributed by atoms with van der Waals surface area (Å²) in [5.74, 6) is -0.615. The average Bonchev–Trinajstić information content (AvgIpc) is 2.43. The number of carbonyl (C=O) groups is 2. The number of hydrogen-bond acceptors (Lipinski definition) is 4. The molecule has 1 N–H and O–H groups in total. The van der Waals surface area contributed by atoms with Crippen molar-refractivity contribution >= 4 is 62.8 Å². The Labute approximate surface area is 151 Å². The van der Waals surface area contributed by atoms with Crippen LogP contribution in [0.25, 0.3) is 0 Å². The fourth-order valence-corrected chi connectivity index (χ4v) is 1.89. The summed E-state index contributed by atoms with van der Waals surface area (Å²) in [4.78, 5) is 23.7. The third-order valence-corrected chi connectivity index (χ3v) is 3.21. The molecule has 0 bridgehead atoms. The first-order chi connectivity index (χ1) is 10.2. The highest BCUT2D eigenvalue weighted by Gasteiger charge is 2.27. The van der Waals surface area contributed by atoms with Crippen LogP contribution in [0.4, 0.5) is 4.79 Å². The molecule has 0 aliphatic heterocycles. The van der Waals surface area contributed by atoms with E-state index in [9.17, 15) is 9.59 Å². The minimum atomic E-state index is -1.73. The topological polar surface area (TPSA) is 64.6 Å². The summed E-state index contributed by atoms with van der Waals surface area (Å²) in [6, 6.07) is 5.78. The standard InChI is InChI=1S/C13H13BrCl3NO4/c1-2-21-11(19)10(8-3-5-9(14)6-4-8)18-12(20)22-7-13(15,16)17/h3-6,10H,2,7H2,1H3,(H,18,20). The second kappa shape index (κ2) is 8.82. The number of rotatable bonds is 5. The van der Waals surface area contributed by atoms with Gasteiger partial charge >= 0.3 is 12.1 Å². The van der Waals surface area contributed by atoms with Gasteiger partial charge in [0.2, 0.25) is 3.79 Å². The molecular formula is C13H13BrCl3NO4. The maximum absolute atomic E-state index is 12.0. The molecule has 0 radical (unpaired) electrons. The molecule has 1 aromatic rings. The van der Waals surface area contributed by atoms with Gasteiger partial charge in [-0.05, 0) is 24.6 Å². The zero-order valence-corrected chi connectivity index (χ0v) is 15.3. The monoisotopic (exact) mass is 431 g/mol. The van der Waals surface area contributed by atoms with Gasteiger partial charge in [-0.3, -0.25) is 0 Å². The van der Waals surface area contributed by atoms with E-state index >= 15 is 0 Å². The molecule has 0 heterocycles. The molecule has 1 unspecified atom stereocenters. The molecule has 0 saturated heterocycles. The molecule has 22 heavy (non-hydrogen) atoms. The molecule has 0 saturated carbocycles. The predicted molar refractivity (Wildman–Crippen MR) is 88.3 cm³/mol. The SMILES string of the molecule is CCOC(=O)C(NC(=O)OCC(Cl)(Cl)Cl)c1ccc(Br)cc1. The lowest BCUT2D eigenvalue weighted by molar-refractivity contribution is -0.145. The Morgan fingerprint density at radius 3 is 2.32 bits per heavy atom. The summed E-state index contributed by atoms with van der Waals surface area (Å²) in [5.41, 5.74) is 0.535. The molecule has 1 aromatic carbocycles. The average molecular weight is 434 g/mol. The maximum Gasteiger partial charge on any atom is 0.408 e.